The smallest absolute Gasteiger partial charge is 0.0951 e. The summed E-state index contributed by atoms with van der Waals surface area (Å²) in [4.78, 5) is 4.70. The van der Waals surface area contributed by atoms with Crippen molar-refractivity contribution >= 4 is 21.6 Å². The molecule has 0 bridgehead atoms. The Bertz CT molecular complexity index is 508. The van der Waals surface area contributed by atoms with E-state index in [2.05, 4.69) is 36.5 Å². The number of fused-ring (bicyclic) bond motifs is 1. The molecule has 20 heavy (non-hydrogen) atoms. The minimum atomic E-state index is 0.743. The van der Waals surface area contributed by atoms with Crippen molar-refractivity contribution in [3.05, 3.63) is 29.3 Å². The van der Waals surface area contributed by atoms with Gasteiger partial charge in [0.2, 0.25) is 0 Å². The molecule has 1 aromatic carbocycles. The van der Waals surface area contributed by atoms with E-state index >= 15 is 0 Å². The van der Waals surface area contributed by atoms with E-state index in [1.54, 1.807) is 0 Å². The summed E-state index contributed by atoms with van der Waals surface area (Å²) >= 11 is 1.84. The van der Waals surface area contributed by atoms with Gasteiger partial charge in [-0.25, -0.2) is 4.98 Å². The van der Waals surface area contributed by atoms with Gasteiger partial charge in [-0.15, -0.1) is 11.3 Å². The van der Waals surface area contributed by atoms with Crippen LogP contribution in [0, 0.1) is 5.92 Å². The lowest BCUT2D eigenvalue weighted by Gasteiger charge is -2.28. The molecule has 1 N–H and O–H groups in total. The molecule has 1 aromatic heterocycles. The van der Waals surface area contributed by atoms with Crippen LogP contribution in [0.15, 0.2) is 24.3 Å². The molecule has 1 fully saturated rings. The van der Waals surface area contributed by atoms with Crippen molar-refractivity contribution in [1.82, 2.24) is 10.3 Å². The summed E-state index contributed by atoms with van der Waals surface area (Å²) in [6, 6.07) is 9.17. The van der Waals surface area contributed by atoms with E-state index in [9.17, 15) is 0 Å². The van der Waals surface area contributed by atoms with E-state index in [4.69, 9.17) is 4.98 Å². The van der Waals surface area contributed by atoms with Gasteiger partial charge >= 0.3 is 0 Å². The van der Waals surface area contributed by atoms with E-state index in [0.29, 0.717) is 0 Å². The third-order valence-electron chi connectivity index (χ3n) is 4.53. The SMILES string of the molecule is CCC1CCC(NCCc2nc3ccccc3s2)CC1. The van der Waals surface area contributed by atoms with Crippen molar-refractivity contribution in [2.24, 2.45) is 5.92 Å². The standard InChI is InChI=1S/C17H24N2S/c1-2-13-7-9-14(10-8-13)18-12-11-17-19-15-5-3-4-6-16(15)20-17/h3-6,13-14,18H,2,7-12H2,1H3. The Morgan fingerprint density at radius 1 is 1.20 bits per heavy atom. The van der Waals surface area contributed by atoms with Crippen molar-refractivity contribution in [2.45, 2.75) is 51.5 Å². The second-order valence-electron chi connectivity index (χ2n) is 5.91. The highest BCUT2D eigenvalue weighted by atomic mass is 32.1. The lowest BCUT2D eigenvalue weighted by atomic mass is 9.84. The predicted molar refractivity (Wildman–Crippen MR) is 87.4 cm³/mol. The molecular weight excluding hydrogens is 264 g/mol. The number of thiazole rings is 1. The maximum absolute atomic E-state index is 4.70. The first-order chi connectivity index (χ1) is 9.85. The monoisotopic (exact) mass is 288 g/mol. The number of rotatable bonds is 5. The summed E-state index contributed by atoms with van der Waals surface area (Å²) in [5, 5.41) is 4.99. The van der Waals surface area contributed by atoms with Gasteiger partial charge in [-0.05, 0) is 43.7 Å². The van der Waals surface area contributed by atoms with Crippen LogP contribution in [0.1, 0.15) is 44.0 Å². The topological polar surface area (TPSA) is 24.9 Å². The Balaban J connectivity index is 1.46. The van der Waals surface area contributed by atoms with Gasteiger partial charge in [0.25, 0.3) is 0 Å². The third-order valence-corrected chi connectivity index (χ3v) is 5.63. The minimum Gasteiger partial charge on any atom is -0.314 e. The minimum absolute atomic E-state index is 0.743. The molecule has 1 heterocycles. The lowest BCUT2D eigenvalue weighted by Crippen LogP contribution is -2.34. The van der Waals surface area contributed by atoms with Crippen LogP contribution in [0.2, 0.25) is 0 Å². The van der Waals surface area contributed by atoms with Crippen LogP contribution >= 0.6 is 11.3 Å². The van der Waals surface area contributed by atoms with E-state index in [0.717, 1.165) is 30.4 Å². The van der Waals surface area contributed by atoms with Crippen LogP contribution in [0.3, 0.4) is 0 Å². The van der Waals surface area contributed by atoms with Crippen LogP contribution in [-0.4, -0.2) is 17.6 Å². The molecule has 0 spiro atoms. The van der Waals surface area contributed by atoms with Crippen molar-refractivity contribution < 1.29 is 0 Å². The van der Waals surface area contributed by atoms with Gasteiger partial charge in [-0.2, -0.15) is 0 Å². The number of benzene rings is 1. The van der Waals surface area contributed by atoms with Gasteiger partial charge in [0.1, 0.15) is 0 Å². The molecule has 1 saturated carbocycles. The zero-order valence-corrected chi connectivity index (χ0v) is 13.1. The maximum atomic E-state index is 4.70. The van der Waals surface area contributed by atoms with Crippen LogP contribution in [-0.2, 0) is 6.42 Å². The highest BCUT2D eigenvalue weighted by Gasteiger charge is 2.19. The van der Waals surface area contributed by atoms with E-state index in [1.165, 1.54) is 41.8 Å². The molecule has 3 heteroatoms. The average Bonchev–Trinajstić information content (AvgIpc) is 2.90. The number of hydrogen-bond acceptors (Lipinski definition) is 3. The number of nitrogens with zero attached hydrogens (tertiary/aromatic N) is 1. The first-order valence-electron chi connectivity index (χ1n) is 7.93. The Morgan fingerprint density at radius 2 is 2.00 bits per heavy atom. The van der Waals surface area contributed by atoms with E-state index in [-0.39, 0.29) is 0 Å². The van der Waals surface area contributed by atoms with Crippen molar-refractivity contribution in [1.29, 1.82) is 0 Å². The van der Waals surface area contributed by atoms with Gasteiger partial charge in [0.15, 0.2) is 0 Å². The first-order valence-corrected chi connectivity index (χ1v) is 8.74. The van der Waals surface area contributed by atoms with Crippen LogP contribution in [0.25, 0.3) is 10.2 Å². The largest absolute Gasteiger partial charge is 0.314 e. The number of aromatic nitrogens is 1. The highest BCUT2D eigenvalue weighted by molar-refractivity contribution is 7.18. The van der Waals surface area contributed by atoms with Crippen molar-refractivity contribution in [3.63, 3.8) is 0 Å². The van der Waals surface area contributed by atoms with Crippen LogP contribution < -0.4 is 5.32 Å². The molecule has 0 radical (unpaired) electrons. The zero-order chi connectivity index (χ0) is 13.8. The molecule has 0 atom stereocenters. The summed E-state index contributed by atoms with van der Waals surface area (Å²) in [6.07, 6.45) is 7.97. The van der Waals surface area contributed by atoms with Gasteiger partial charge in [-0.3, -0.25) is 0 Å². The fourth-order valence-corrected chi connectivity index (χ4v) is 4.15. The molecular formula is C17H24N2S. The highest BCUT2D eigenvalue weighted by Crippen LogP contribution is 2.26. The fraction of sp³-hybridized carbons (Fsp3) is 0.588. The van der Waals surface area contributed by atoms with Gasteiger partial charge < -0.3 is 5.32 Å². The fourth-order valence-electron chi connectivity index (χ4n) is 3.18. The summed E-state index contributed by atoms with van der Waals surface area (Å²) in [6.45, 7) is 3.40. The average molecular weight is 288 g/mol. The number of nitrogens with one attached hydrogen (secondary N) is 1. The molecule has 3 rings (SSSR count). The Kier molecular flexibility index (Phi) is 4.69. The second kappa shape index (κ2) is 6.68. The van der Waals surface area contributed by atoms with Gasteiger partial charge in [0, 0.05) is 19.0 Å². The Hall–Kier alpha value is -0.930. The van der Waals surface area contributed by atoms with E-state index < -0.39 is 0 Å². The summed E-state index contributed by atoms with van der Waals surface area (Å²) in [7, 11) is 0. The summed E-state index contributed by atoms with van der Waals surface area (Å²) in [5.41, 5.74) is 1.15. The van der Waals surface area contributed by atoms with Crippen LogP contribution in [0.4, 0.5) is 0 Å². The summed E-state index contributed by atoms with van der Waals surface area (Å²) < 4.78 is 1.31. The molecule has 1 aliphatic rings. The summed E-state index contributed by atoms with van der Waals surface area (Å²) in [5.74, 6) is 0.984. The first kappa shape index (κ1) is 14.0. The van der Waals surface area contributed by atoms with Crippen LogP contribution in [0.5, 0.6) is 0 Å². The van der Waals surface area contributed by atoms with Gasteiger partial charge in [-0.1, -0.05) is 25.5 Å². The molecule has 1 aliphatic carbocycles. The molecule has 0 saturated heterocycles. The Labute approximate surface area is 125 Å². The molecule has 0 aliphatic heterocycles. The maximum Gasteiger partial charge on any atom is 0.0951 e. The lowest BCUT2D eigenvalue weighted by molar-refractivity contribution is 0.287. The molecule has 0 amide bonds. The normalized spacial score (nSPS) is 23.2. The zero-order valence-electron chi connectivity index (χ0n) is 12.3. The predicted octanol–water partition coefficient (Wildman–Crippen LogP) is 4.40. The van der Waals surface area contributed by atoms with Gasteiger partial charge in [0.05, 0.1) is 15.2 Å². The second-order valence-corrected chi connectivity index (χ2v) is 7.02. The molecule has 108 valence electrons. The number of para-hydroxylation sites is 1. The molecule has 0 unspecified atom stereocenters. The van der Waals surface area contributed by atoms with Crippen molar-refractivity contribution in [2.75, 3.05) is 6.54 Å². The number of hydrogen-bond donors (Lipinski definition) is 1. The quantitative estimate of drug-likeness (QED) is 0.882. The van der Waals surface area contributed by atoms with E-state index in [1.807, 2.05) is 11.3 Å². The molecule has 2 aromatic rings. The Morgan fingerprint density at radius 3 is 2.75 bits per heavy atom. The molecule has 2 nitrogen and oxygen atoms in total. The third kappa shape index (κ3) is 3.39. The van der Waals surface area contributed by atoms with Crippen molar-refractivity contribution in [3.8, 4) is 0 Å².